The van der Waals surface area contributed by atoms with Gasteiger partial charge in [-0.25, -0.2) is 17.7 Å². The van der Waals surface area contributed by atoms with Crippen LogP contribution in [-0.4, -0.2) is 47.9 Å². The number of fused-ring (bicyclic) bond motifs is 1. The summed E-state index contributed by atoms with van der Waals surface area (Å²) in [5, 5.41) is 0.661. The first kappa shape index (κ1) is 22.8. The molecule has 0 N–H and O–H groups in total. The van der Waals surface area contributed by atoms with Crippen LogP contribution in [-0.2, 0) is 21.4 Å². The van der Waals surface area contributed by atoms with Crippen molar-refractivity contribution in [3.05, 3.63) is 53.9 Å². The Balaban J connectivity index is 1.66. The lowest BCUT2D eigenvalue weighted by Gasteiger charge is -2.32. The van der Waals surface area contributed by atoms with Crippen LogP contribution < -0.4 is 4.90 Å². The van der Waals surface area contributed by atoms with Gasteiger partial charge in [0.05, 0.1) is 28.7 Å². The number of carbonyl (C=O) groups excluding carboxylic acids is 1. The second-order valence-corrected chi connectivity index (χ2v) is 11.5. The molecule has 1 fully saturated rings. The summed E-state index contributed by atoms with van der Waals surface area (Å²) in [6, 6.07) is 11.8. The Morgan fingerprint density at radius 3 is 2.56 bits per heavy atom. The van der Waals surface area contributed by atoms with Gasteiger partial charge in [-0.3, -0.25) is 14.7 Å². The van der Waals surface area contributed by atoms with E-state index in [9.17, 15) is 13.2 Å². The molecule has 0 atom stereocenters. The Morgan fingerprint density at radius 1 is 1.19 bits per heavy atom. The van der Waals surface area contributed by atoms with Crippen molar-refractivity contribution in [3.8, 4) is 0 Å². The fraction of sp³-hybridized carbons (Fsp3) is 0.435. The van der Waals surface area contributed by atoms with Gasteiger partial charge < -0.3 is 0 Å². The average molecular weight is 473 g/mol. The van der Waals surface area contributed by atoms with Gasteiger partial charge in [-0.2, -0.15) is 0 Å². The minimum atomic E-state index is -3.24. The number of sulfonamides is 1. The summed E-state index contributed by atoms with van der Waals surface area (Å²) in [4.78, 5) is 24.7. The van der Waals surface area contributed by atoms with E-state index in [1.807, 2.05) is 30.3 Å². The number of thiazole rings is 1. The van der Waals surface area contributed by atoms with Crippen molar-refractivity contribution < 1.29 is 13.2 Å². The molecule has 9 heteroatoms. The van der Waals surface area contributed by atoms with Gasteiger partial charge in [-0.1, -0.05) is 43.4 Å². The summed E-state index contributed by atoms with van der Waals surface area (Å²) in [6.45, 7) is 5.34. The van der Waals surface area contributed by atoms with Crippen LogP contribution in [0.25, 0.3) is 10.2 Å². The van der Waals surface area contributed by atoms with Crippen molar-refractivity contribution in [2.24, 2.45) is 5.92 Å². The van der Waals surface area contributed by atoms with Gasteiger partial charge >= 0.3 is 0 Å². The van der Waals surface area contributed by atoms with E-state index in [-0.39, 0.29) is 11.8 Å². The number of benzene rings is 1. The Labute approximate surface area is 193 Å². The maximum atomic E-state index is 13.7. The summed E-state index contributed by atoms with van der Waals surface area (Å²) < 4.78 is 26.2. The largest absolute Gasteiger partial charge is 0.282 e. The van der Waals surface area contributed by atoms with Crippen molar-refractivity contribution in [3.63, 3.8) is 0 Å². The van der Waals surface area contributed by atoms with Gasteiger partial charge in [0.1, 0.15) is 0 Å². The molecule has 1 aromatic carbocycles. The lowest BCUT2D eigenvalue weighted by Crippen LogP contribution is -2.44. The smallest absolute Gasteiger partial charge is 0.232 e. The van der Waals surface area contributed by atoms with Gasteiger partial charge in [0.25, 0.3) is 0 Å². The van der Waals surface area contributed by atoms with E-state index in [1.54, 1.807) is 11.1 Å². The Morgan fingerprint density at radius 2 is 1.94 bits per heavy atom. The van der Waals surface area contributed by atoms with Gasteiger partial charge in [0.15, 0.2) is 5.13 Å². The highest BCUT2D eigenvalue weighted by atomic mass is 32.2. The third kappa shape index (κ3) is 4.84. The van der Waals surface area contributed by atoms with Crippen LogP contribution >= 0.6 is 11.3 Å². The Hall–Kier alpha value is -2.36. The molecule has 170 valence electrons. The zero-order valence-electron chi connectivity index (χ0n) is 18.6. The van der Waals surface area contributed by atoms with E-state index in [0.29, 0.717) is 43.5 Å². The summed E-state index contributed by atoms with van der Waals surface area (Å²) in [7, 11) is -3.24. The fourth-order valence-corrected chi connectivity index (χ4v) is 5.97. The number of aromatic nitrogens is 2. The van der Waals surface area contributed by atoms with Crippen LogP contribution in [0.15, 0.2) is 42.6 Å². The summed E-state index contributed by atoms with van der Waals surface area (Å²) in [6.07, 6.45) is 3.95. The molecule has 0 unspecified atom stereocenters. The first-order chi connectivity index (χ1) is 15.2. The molecule has 0 radical (unpaired) electrons. The highest BCUT2D eigenvalue weighted by molar-refractivity contribution is 7.88. The molecule has 4 rings (SSSR count). The van der Waals surface area contributed by atoms with Crippen molar-refractivity contribution in [2.75, 3.05) is 24.2 Å². The van der Waals surface area contributed by atoms with Crippen molar-refractivity contribution in [1.29, 1.82) is 0 Å². The van der Waals surface area contributed by atoms with Crippen molar-refractivity contribution in [2.45, 2.75) is 39.2 Å². The van der Waals surface area contributed by atoms with E-state index in [0.717, 1.165) is 21.5 Å². The Kier molecular flexibility index (Phi) is 6.60. The first-order valence-corrected chi connectivity index (χ1v) is 13.5. The monoisotopic (exact) mass is 472 g/mol. The number of hydrogen-bond acceptors (Lipinski definition) is 6. The van der Waals surface area contributed by atoms with Crippen LogP contribution in [0.2, 0.25) is 0 Å². The lowest BCUT2D eigenvalue weighted by molar-refractivity contribution is -0.123. The van der Waals surface area contributed by atoms with E-state index in [2.05, 4.69) is 24.9 Å². The number of hydrogen-bond donors (Lipinski definition) is 0. The summed E-state index contributed by atoms with van der Waals surface area (Å²) >= 11 is 1.51. The second-order valence-electron chi connectivity index (χ2n) is 8.53. The maximum absolute atomic E-state index is 13.7. The second kappa shape index (κ2) is 9.25. The van der Waals surface area contributed by atoms with Gasteiger partial charge in [-0.05, 0) is 42.5 Å². The number of piperidine rings is 1. The molecule has 1 aliphatic rings. The molecule has 2 aromatic heterocycles. The molecule has 3 heterocycles. The highest BCUT2D eigenvalue weighted by Gasteiger charge is 2.33. The molecule has 32 heavy (non-hydrogen) atoms. The van der Waals surface area contributed by atoms with Crippen LogP contribution in [0, 0.1) is 5.92 Å². The van der Waals surface area contributed by atoms with Crippen molar-refractivity contribution in [1.82, 2.24) is 14.3 Å². The molecule has 0 saturated carbocycles. The molecule has 0 bridgehead atoms. The molecule has 7 nitrogen and oxygen atoms in total. The highest BCUT2D eigenvalue weighted by Crippen LogP contribution is 2.35. The van der Waals surface area contributed by atoms with E-state index in [4.69, 9.17) is 4.98 Å². The van der Waals surface area contributed by atoms with Crippen LogP contribution in [0.5, 0.6) is 0 Å². The van der Waals surface area contributed by atoms with Crippen LogP contribution in [0.3, 0.4) is 0 Å². The topological polar surface area (TPSA) is 83.5 Å². The zero-order chi connectivity index (χ0) is 22.9. The Bertz CT molecular complexity index is 1200. The summed E-state index contributed by atoms with van der Waals surface area (Å²) in [5.74, 6) is 0.0659. The molecule has 3 aromatic rings. The SMILES string of the molecule is CC(C)c1cccc2sc(N(Cc3ccccn3)C(=O)C3CCN(S(C)(=O)=O)CC3)nc12. The normalized spacial score (nSPS) is 16.0. The minimum Gasteiger partial charge on any atom is -0.282 e. The third-order valence-corrected chi connectivity index (χ3v) is 8.22. The average Bonchev–Trinajstić information content (AvgIpc) is 3.21. The van der Waals surface area contributed by atoms with E-state index < -0.39 is 10.0 Å². The number of pyridine rings is 1. The van der Waals surface area contributed by atoms with Crippen LogP contribution in [0.1, 0.15) is 43.9 Å². The third-order valence-electron chi connectivity index (χ3n) is 5.88. The molecular formula is C23H28N4O3S2. The van der Waals surface area contributed by atoms with Crippen molar-refractivity contribution >= 4 is 42.6 Å². The van der Waals surface area contributed by atoms with Gasteiger partial charge in [0.2, 0.25) is 15.9 Å². The van der Waals surface area contributed by atoms with Gasteiger partial charge in [0, 0.05) is 25.2 Å². The van der Waals surface area contributed by atoms with E-state index in [1.165, 1.54) is 21.9 Å². The molecule has 1 saturated heterocycles. The minimum absolute atomic E-state index is 0.0195. The molecule has 0 aliphatic carbocycles. The molecular weight excluding hydrogens is 444 g/mol. The molecule has 0 spiro atoms. The fourth-order valence-electron chi connectivity index (χ4n) is 4.09. The summed E-state index contributed by atoms with van der Waals surface area (Å²) in [5.41, 5.74) is 2.89. The quantitative estimate of drug-likeness (QED) is 0.541. The molecule has 1 amide bonds. The lowest BCUT2D eigenvalue weighted by atomic mass is 9.96. The molecule has 1 aliphatic heterocycles. The van der Waals surface area contributed by atoms with E-state index >= 15 is 0 Å². The number of amides is 1. The zero-order valence-corrected chi connectivity index (χ0v) is 20.2. The van der Waals surface area contributed by atoms with Crippen LogP contribution in [0.4, 0.5) is 5.13 Å². The predicted molar refractivity (Wildman–Crippen MR) is 128 cm³/mol. The number of anilines is 1. The number of nitrogens with zero attached hydrogens (tertiary/aromatic N) is 4. The number of rotatable bonds is 6. The maximum Gasteiger partial charge on any atom is 0.232 e. The number of para-hydroxylation sites is 1. The predicted octanol–water partition coefficient (Wildman–Crippen LogP) is 4.02. The van der Waals surface area contributed by atoms with Gasteiger partial charge in [-0.15, -0.1) is 0 Å². The number of carbonyl (C=O) groups is 1. The first-order valence-electron chi connectivity index (χ1n) is 10.8. The standard InChI is InChI=1S/C23H28N4O3S2/c1-16(2)19-8-6-9-20-21(19)25-23(31-20)27(15-18-7-4-5-12-24-18)22(28)17-10-13-26(14-11-17)32(3,29)30/h4-9,12,16-17H,10-11,13-15H2,1-3H3.